The van der Waals surface area contributed by atoms with Gasteiger partial charge in [-0.3, -0.25) is 0 Å². The quantitative estimate of drug-likeness (QED) is 0.442. The Morgan fingerprint density at radius 3 is 2.36 bits per heavy atom. The molecule has 0 radical (unpaired) electrons. The topological polar surface area (TPSA) is 105 Å². The lowest BCUT2D eigenvalue weighted by molar-refractivity contribution is 0.284. The lowest BCUT2D eigenvalue weighted by atomic mass is 9.92. The van der Waals surface area contributed by atoms with Gasteiger partial charge >= 0.3 is 0 Å². The summed E-state index contributed by atoms with van der Waals surface area (Å²) < 4.78 is 11.5. The second kappa shape index (κ2) is 9.55. The maximum atomic E-state index is 9.82. The number of ether oxygens (including phenoxy) is 2. The van der Waals surface area contributed by atoms with Gasteiger partial charge in [-0.2, -0.15) is 10.5 Å². The zero-order valence-electron chi connectivity index (χ0n) is 17.9. The summed E-state index contributed by atoms with van der Waals surface area (Å²) in [6, 6.07) is 26.8. The number of nitrogen functional groups attached to an aromatic ring is 1. The first kappa shape index (κ1) is 21.4. The maximum absolute atomic E-state index is 9.82. The van der Waals surface area contributed by atoms with Gasteiger partial charge in [-0.1, -0.05) is 54.6 Å². The molecule has 160 valence electrons. The molecule has 0 amide bonds. The van der Waals surface area contributed by atoms with E-state index in [2.05, 4.69) is 17.1 Å². The number of benzene rings is 3. The number of aromatic nitrogens is 1. The van der Waals surface area contributed by atoms with Crippen LogP contribution in [-0.4, -0.2) is 12.1 Å². The number of nitrogens with two attached hydrogens (primary N) is 1. The highest BCUT2D eigenvalue weighted by atomic mass is 16.5. The highest BCUT2D eigenvalue weighted by Crippen LogP contribution is 2.40. The minimum absolute atomic E-state index is 0.166. The first-order valence-electron chi connectivity index (χ1n) is 10.2. The van der Waals surface area contributed by atoms with Crippen LogP contribution in [0.15, 0.2) is 79.0 Å². The molecule has 0 aliphatic rings. The van der Waals surface area contributed by atoms with Crippen molar-refractivity contribution in [2.75, 3.05) is 12.8 Å². The monoisotopic (exact) mass is 432 g/mol. The van der Waals surface area contributed by atoms with Crippen LogP contribution in [0.5, 0.6) is 11.5 Å². The van der Waals surface area contributed by atoms with E-state index in [1.54, 1.807) is 25.4 Å². The molecule has 4 aromatic rings. The summed E-state index contributed by atoms with van der Waals surface area (Å²) in [5, 5.41) is 19.1. The molecule has 0 unspecified atom stereocenters. The van der Waals surface area contributed by atoms with Crippen molar-refractivity contribution in [1.82, 2.24) is 4.98 Å². The molecule has 1 aromatic heterocycles. The van der Waals surface area contributed by atoms with Crippen LogP contribution in [0.3, 0.4) is 0 Å². The molecular weight excluding hydrogens is 412 g/mol. The zero-order chi connectivity index (χ0) is 23.2. The summed E-state index contributed by atoms with van der Waals surface area (Å²) in [5.41, 5.74) is 10.8. The van der Waals surface area contributed by atoms with Crippen molar-refractivity contribution in [1.29, 1.82) is 10.5 Å². The predicted octanol–water partition coefficient (Wildman–Crippen LogP) is 5.33. The van der Waals surface area contributed by atoms with Gasteiger partial charge in [-0.25, -0.2) is 4.98 Å². The Morgan fingerprint density at radius 1 is 0.879 bits per heavy atom. The molecule has 2 N–H and O–H groups in total. The Hall–Kier alpha value is -4.81. The van der Waals surface area contributed by atoms with Crippen molar-refractivity contribution in [2.24, 2.45) is 0 Å². The first-order valence-corrected chi connectivity index (χ1v) is 10.2. The number of hydrogen-bond donors (Lipinski definition) is 1. The van der Waals surface area contributed by atoms with Gasteiger partial charge in [0.2, 0.25) is 0 Å². The maximum Gasteiger partial charge on any atom is 0.161 e. The van der Waals surface area contributed by atoms with E-state index < -0.39 is 0 Å². The molecule has 0 spiro atoms. The molecule has 0 fully saturated rings. The van der Waals surface area contributed by atoms with E-state index in [-0.39, 0.29) is 12.4 Å². The van der Waals surface area contributed by atoms with E-state index >= 15 is 0 Å². The fourth-order valence-corrected chi connectivity index (χ4v) is 3.63. The largest absolute Gasteiger partial charge is 0.493 e. The molecule has 1 heterocycles. The van der Waals surface area contributed by atoms with Crippen molar-refractivity contribution in [3.63, 3.8) is 0 Å². The van der Waals surface area contributed by atoms with Gasteiger partial charge in [0.25, 0.3) is 0 Å². The number of anilines is 1. The molecule has 4 rings (SSSR count). The molecular formula is C27H20N4O2. The summed E-state index contributed by atoms with van der Waals surface area (Å²) in [5.74, 6) is 1.19. The molecule has 33 heavy (non-hydrogen) atoms. The fraction of sp³-hybridized carbons (Fsp3) is 0.0741. The number of rotatable bonds is 6. The standard InChI is InChI=1S/C27H20N4O2/c1-32-25-13-19(11-12-24(25)33-17-21-10-6-5-9-20(21)14-28)26-22(15-29)27(30)31-16-23(26)18-7-3-2-4-8-18/h2-13,16H,17H2,1H3,(H2,30,31). The molecule has 6 heteroatoms. The lowest BCUT2D eigenvalue weighted by Gasteiger charge is -2.16. The number of nitrogens with zero attached hydrogens (tertiary/aromatic N) is 3. The van der Waals surface area contributed by atoms with Crippen molar-refractivity contribution in [2.45, 2.75) is 6.61 Å². The predicted molar refractivity (Wildman–Crippen MR) is 126 cm³/mol. The van der Waals surface area contributed by atoms with Crippen LogP contribution in [0.1, 0.15) is 16.7 Å². The summed E-state index contributed by atoms with van der Waals surface area (Å²) in [6.07, 6.45) is 1.68. The highest BCUT2D eigenvalue weighted by molar-refractivity contribution is 5.90. The van der Waals surface area contributed by atoms with Crippen LogP contribution < -0.4 is 15.2 Å². The minimum Gasteiger partial charge on any atom is -0.493 e. The molecule has 0 aliphatic heterocycles. The van der Waals surface area contributed by atoms with Gasteiger partial charge in [-0.05, 0) is 29.3 Å². The second-order valence-electron chi connectivity index (χ2n) is 7.21. The Morgan fingerprint density at radius 2 is 1.64 bits per heavy atom. The number of nitriles is 2. The summed E-state index contributed by atoms with van der Waals surface area (Å²) >= 11 is 0. The number of methoxy groups -OCH3 is 1. The average Bonchev–Trinajstić information content (AvgIpc) is 2.87. The molecule has 3 aromatic carbocycles. The second-order valence-corrected chi connectivity index (χ2v) is 7.21. The van der Waals surface area contributed by atoms with Gasteiger partial charge in [0.1, 0.15) is 24.1 Å². The van der Waals surface area contributed by atoms with Crippen molar-refractivity contribution >= 4 is 5.82 Å². The summed E-state index contributed by atoms with van der Waals surface area (Å²) in [7, 11) is 1.55. The average molecular weight is 432 g/mol. The van der Waals surface area contributed by atoms with Gasteiger partial charge in [-0.15, -0.1) is 0 Å². The first-order chi connectivity index (χ1) is 16.2. The zero-order valence-corrected chi connectivity index (χ0v) is 17.9. The molecule has 0 atom stereocenters. The van der Waals surface area contributed by atoms with Crippen LogP contribution in [0.4, 0.5) is 5.82 Å². The molecule has 0 saturated heterocycles. The Labute approximate surface area is 192 Å². The van der Waals surface area contributed by atoms with Crippen molar-refractivity contribution < 1.29 is 9.47 Å². The SMILES string of the molecule is COc1cc(-c2c(-c3ccccc3)cnc(N)c2C#N)ccc1OCc1ccccc1C#N. The smallest absolute Gasteiger partial charge is 0.161 e. The van der Waals surface area contributed by atoms with E-state index in [4.69, 9.17) is 15.2 Å². The van der Waals surface area contributed by atoms with E-state index in [1.165, 1.54) is 0 Å². The van der Waals surface area contributed by atoms with Crippen molar-refractivity contribution in [3.05, 3.63) is 95.7 Å². The fourth-order valence-electron chi connectivity index (χ4n) is 3.63. The Kier molecular flexibility index (Phi) is 6.20. The van der Waals surface area contributed by atoms with Crippen LogP contribution in [0, 0.1) is 22.7 Å². The third-order valence-corrected chi connectivity index (χ3v) is 5.28. The lowest BCUT2D eigenvalue weighted by Crippen LogP contribution is -2.02. The van der Waals surface area contributed by atoms with Gasteiger partial charge in [0, 0.05) is 22.9 Å². The van der Waals surface area contributed by atoms with Crippen molar-refractivity contribution in [3.8, 4) is 45.9 Å². The van der Waals surface area contributed by atoms with E-state index in [0.29, 0.717) is 28.2 Å². The Bertz CT molecular complexity index is 1390. The highest BCUT2D eigenvalue weighted by Gasteiger charge is 2.18. The molecule has 0 bridgehead atoms. The van der Waals surface area contributed by atoms with Crippen LogP contribution in [0.2, 0.25) is 0 Å². The molecule has 0 saturated carbocycles. The summed E-state index contributed by atoms with van der Waals surface area (Å²) in [4.78, 5) is 4.22. The van der Waals surface area contributed by atoms with Gasteiger partial charge in [0.15, 0.2) is 11.5 Å². The van der Waals surface area contributed by atoms with Crippen LogP contribution in [0.25, 0.3) is 22.3 Å². The van der Waals surface area contributed by atoms with Crippen LogP contribution in [-0.2, 0) is 6.61 Å². The van der Waals surface area contributed by atoms with E-state index in [1.807, 2.05) is 60.7 Å². The molecule has 0 aliphatic carbocycles. The summed E-state index contributed by atoms with van der Waals surface area (Å²) in [6.45, 7) is 0.223. The minimum atomic E-state index is 0.166. The third kappa shape index (κ3) is 4.32. The molecule has 6 nitrogen and oxygen atoms in total. The number of pyridine rings is 1. The normalized spacial score (nSPS) is 10.2. The van der Waals surface area contributed by atoms with Gasteiger partial charge in [0.05, 0.1) is 18.7 Å². The van der Waals surface area contributed by atoms with Crippen LogP contribution >= 0.6 is 0 Å². The van der Waals surface area contributed by atoms with E-state index in [0.717, 1.165) is 22.3 Å². The third-order valence-electron chi connectivity index (χ3n) is 5.28. The number of hydrogen-bond acceptors (Lipinski definition) is 6. The Balaban J connectivity index is 1.76. The van der Waals surface area contributed by atoms with Gasteiger partial charge < -0.3 is 15.2 Å². The van der Waals surface area contributed by atoms with E-state index in [9.17, 15) is 10.5 Å².